The Balaban J connectivity index is 2.56. The fourth-order valence-corrected chi connectivity index (χ4v) is 4.22. The summed E-state index contributed by atoms with van der Waals surface area (Å²) in [5.74, 6) is 3.81. The van der Waals surface area contributed by atoms with Gasteiger partial charge in [0.1, 0.15) is 0 Å². The molecule has 4 atom stereocenters. The molecule has 1 saturated carbocycles. The number of rotatable bonds is 8. The maximum absolute atomic E-state index is 3.77. The van der Waals surface area contributed by atoms with E-state index in [0.29, 0.717) is 0 Å². The van der Waals surface area contributed by atoms with E-state index in [-0.39, 0.29) is 5.54 Å². The van der Waals surface area contributed by atoms with E-state index in [9.17, 15) is 0 Å². The first-order valence-electron chi connectivity index (χ1n) is 9.60. The molecule has 1 aliphatic carbocycles. The summed E-state index contributed by atoms with van der Waals surface area (Å²) < 4.78 is 0. The molecule has 1 heteroatoms. The molecule has 0 aromatic carbocycles. The average molecular weight is 296 g/mol. The van der Waals surface area contributed by atoms with Crippen molar-refractivity contribution in [2.75, 3.05) is 6.54 Å². The SMILES string of the molecule is CCCC(C)CC1CC(CCC)CCC1CNC(C)(C)C. The molecule has 0 aromatic rings. The van der Waals surface area contributed by atoms with Gasteiger partial charge in [-0.1, -0.05) is 52.9 Å². The van der Waals surface area contributed by atoms with Crippen LogP contribution in [-0.4, -0.2) is 12.1 Å². The molecular weight excluding hydrogens is 254 g/mol. The Labute approximate surface area is 134 Å². The second-order valence-corrected chi connectivity index (χ2v) is 8.75. The minimum atomic E-state index is 0.264. The van der Waals surface area contributed by atoms with Crippen LogP contribution in [0.15, 0.2) is 0 Å². The van der Waals surface area contributed by atoms with Gasteiger partial charge < -0.3 is 5.32 Å². The number of nitrogens with one attached hydrogen (secondary N) is 1. The Morgan fingerprint density at radius 3 is 2.33 bits per heavy atom. The van der Waals surface area contributed by atoms with Gasteiger partial charge in [0.05, 0.1) is 0 Å². The third-order valence-electron chi connectivity index (χ3n) is 5.33. The van der Waals surface area contributed by atoms with Crippen molar-refractivity contribution in [3.8, 4) is 0 Å². The van der Waals surface area contributed by atoms with Gasteiger partial charge in [-0.25, -0.2) is 0 Å². The van der Waals surface area contributed by atoms with Gasteiger partial charge in [-0.05, 0) is 70.3 Å². The van der Waals surface area contributed by atoms with Gasteiger partial charge in [-0.15, -0.1) is 0 Å². The van der Waals surface area contributed by atoms with Crippen LogP contribution in [0, 0.1) is 23.7 Å². The van der Waals surface area contributed by atoms with Crippen LogP contribution in [0.25, 0.3) is 0 Å². The standard InChI is InChI=1S/C20H41N/c1-7-9-16(3)13-19-14-17(10-8-2)11-12-18(19)15-21-20(4,5)6/h16-19,21H,7-15H2,1-6H3. The largest absolute Gasteiger partial charge is 0.312 e. The molecule has 0 heterocycles. The van der Waals surface area contributed by atoms with E-state index in [1.807, 2.05) is 0 Å². The van der Waals surface area contributed by atoms with Crippen molar-refractivity contribution in [2.45, 2.75) is 98.4 Å². The fraction of sp³-hybridized carbons (Fsp3) is 1.00. The van der Waals surface area contributed by atoms with E-state index in [1.165, 1.54) is 57.9 Å². The Morgan fingerprint density at radius 1 is 1.05 bits per heavy atom. The topological polar surface area (TPSA) is 12.0 Å². The molecule has 0 bridgehead atoms. The molecule has 0 aliphatic heterocycles. The third kappa shape index (κ3) is 7.68. The summed E-state index contributed by atoms with van der Waals surface area (Å²) in [4.78, 5) is 0. The molecule has 1 rings (SSSR count). The molecule has 1 nitrogen and oxygen atoms in total. The van der Waals surface area contributed by atoms with Gasteiger partial charge in [0.2, 0.25) is 0 Å². The van der Waals surface area contributed by atoms with Gasteiger partial charge in [0, 0.05) is 5.54 Å². The highest BCUT2D eigenvalue weighted by atomic mass is 14.9. The lowest BCUT2D eigenvalue weighted by Gasteiger charge is -2.39. The van der Waals surface area contributed by atoms with Crippen LogP contribution in [0.2, 0.25) is 0 Å². The normalized spacial score (nSPS) is 28.6. The van der Waals surface area contributed by atoms with E-state index in [1.54, 1.807) is 0 Å². The Bertz CT molecular complexity index is 264. The first-order valence-corrected chi connectivity index (χ1v) is 9.60. The first-order chi connectivity index (χ1) is 9.85. The second-order valence-electron chi connectivity index (χ2n) is 8.75. The highest BCUT2D eigenvalue weighted by Crippen LogP contribution is 2.39. The summed E-state index contributed by atoms with van der Waals surface area (Å²) in [7, 11) is 0. The van der Waals surface area contributed by atoms with Crippen molar-refractivity contribution in [3.05, 3.63) is 0 Å². The minimum Gasteiger partial charge on any atom is -0.312 e. The van der Waals surface area contributed by atoms with E-state index in [4.69, 9.17) is 0 Å². The van der Waals surface area contributed by atoms with Crippen LogP contribution in [0.1, 0.15) is 92.9 Å². The van der Waals surface area contributed by atoms with Crippen molar-refractivity contribution in [2.24, 2.45) is 23.7 Å². The van der Waals surface area contributed by atoms with Gasteiger partial charge in [-0.2, -0.15) is 0 Å². The smallest absolute Gasteiger partial charge is 0.00966 e. The molecule has 1 aliphatic rings. The lowest BCUT2D eigenvalue weighted by atomic mass is 9.69. The van der Waals surface area contributed by atoms with Crippen molar-refractivity contribution < 1.29 is 0 Å². The van der Waals surface area contributed by atoms with Crippen molar-refractivity contribution in [1.29, 1.82) is 0 Å². The second kappa shape index (κ2) is 9.18. The zero-order valence-corrected chi connectivity index (χ0v) is 15.7. The summed E-state index contributed by atoms with van der Waals surface area (Å²) in [6.45, 7) is 15.3. The highest BCUT2D eigenvalue weighted by molar-refractivity contribution is 4.84. The molecule has 21 heavy (non-hydrogen) atoms. The fourth-order valence-electron chi connectivity index (χ4n) is 4.22. The van der Waals surface area contributed by atoms with Gasteiger partial charge in [-0.3, -0.25) is 0 Å². The van der Waals surface area contributed by atoms with Gasteiger partial charge in [0.25, 0.3) is 0 Å². The van der Waals surface area contributed by atoms with Crippen LogP contribution < -0.4 is 5.32 Å². The molecule has 0 radical (unpaired) electrons. The average Bonchev–Trinajstić information content (AvgIpc) is 2.37. The molecule has 1 fully saturated rings. The number of hydrogen-bond acceptors (Lipinski definition) is 1. The van der Waals surface area contributed by atoms with Crippen LogP contribution in [-0.2, 0) is 0 Å². The summed E-state index contributed by atoms with van der Waals surface area (Å²) >= 11 is 0. The zero-order chi connectivity index (χ0) is 15.9. The molecule has 126 valence electrons. The Hall–Kier alpha value is -0.0400. The van der Waals surface area contributed by atoms with Crippen molar-refractivity contribution in [3.63, 3.8) is 0 Å². The summed E-state index contributed by atoms with van der Waals surface area (Å²) in [6, 6.07) is 0. The van der Waals surface area contributed by atoms with Gasteiger partial charge in [0.15, 0.2) is 0 Å². The Kier molecular flexibility index (Phi) is 8.31. The molecule has 0 aromatic heterocycles. The summed E-state index contributed by atoms with van der Waals surface area (Å²) in [6.07, 6.45) is 11.5. The van der Waals surface area contributed by atoms with E-state index >= 15 is 0 Å². The van der Waals surface area contributed by atoms with Crippen LogP contribution >= 0.6 is 0 Å². The maximum Gasteiger partial charge on any atom is 0.00966 e. The maximum atomic E-state index is 3.77. The van der Waals surface area contributed by atoms with Crippen LogP contribution in [0.4, 0.5) is 0 Å². The lowest BCUT2D eigenvalue weighted by Crippen LogP contribution is -2.42. The van der Waals surface area contributed by atoms with Crippen LogP contribution in [0.3, 0.4) is 0 Å². The van der Waals surface area contributed by atoms with Crippen LogP contribution in [0.5, 0.6) is 0 Å². The molecule has 0 spiro atoms. The quantitative estimate of drug-likeness (QED) is 0.576. The van der Waals surface area contributed by atoms with Crippen molar-refractivity contribution >= 4 is 0 Å². The third-order valence-corrected chi connectivity index (χ3v) is 5.33. The summed E-state index contributed by atoms with van der Waals surface area (Å²) in [5.41, 5.74) is 0.264. The Morgan fingerprint density at radius 2 is 1.76 bits per heavy atom. The predicted molar refractivity (Wildman–Crippen MR) is 95.7 cm³/mol. The molecule has 1 N–H and O–H groups in total. The van der Waals surface area contributed by atoms with E-state index in [0.717, 1.165) is 23.7 Å². The van der Waals surface area contributed by atoms with Gasteiger partial charge >= 0.3 is 0 Å². The molecule has 0 amide bonds. The molecule has 0 saturated heterocycles. The van der Waals surface area contributed by atoms with Crippen molar-refractivity contribution in [1.82, 2.24) is 5.32 Å². The lowest BCUT2D eigenvalue weighted by molar-refractivity contribution is 0.136. The predicted octanol–water partition coefficient (Wildman–Crippen LogP) is 6.03. The zero-order valence-electron chi connectivity index (χ0n) is 15.7. The monoisotopic (exact) mass is 295 g/mol. The minimum absolute atomic E-state index is 0.264. The molecule has 4 unspecified atom stereocenters. The molecular formula is C20H41N. The first kappa shape index (κ1) is 19.0. The van der Waals surface area contributed by atoms with E-state index in [2.05, 4.69) is 46.9 Å². The number of hydrogen-bond donors (Lipinski definition) is 1. The summed E-state index contributed by atoms with van der Waals surface area (Å²) in [5, 5.41) is 3.77. The highest BCUT2D eigenvalue weighted by Gasteiger charge is 2.31. The van der Waals surface area contributed by atoms with E-state index < -0.39 is 0 Å².